The quantitative estimate of drug-likeness (QED) is 0.803. The number of urea groups is 1. The summed E-state index contributed by atoms with van der Waals surface area (Å²) in [6.07, 6.45) is 2.45. The van der Waals surface area contributed by atoms with Crippen molar-refractivity contribution in [3.63, 3.8) is 0 Å². The number of hydrogen-bond acceptors (Lipinski definition) is 3. The van der Waals surface area contributed by atoms with E-state index < -0.39 is 0 Å². The van der Waals surface area contributed by atoms with Gasteiger partial charge < -0.3 is 20.4 Å². The minimum absolute atomic E-state index is 0.0219. The molecule has 0 bridgehead atoms. The van der Waals surface area contributed by atoms with Crippen molar-refractivity contribution < 1.29 is 9.59 Å². The summed E-state index contributed by atoms with van der Waals surface area (Å²) in [6.45, 7) is 5.35. The number of nitrogens with two attached hydrogens (primary N) is 1. The number of carbonyl (C=O) groups is 2. The van der Waals surface area contributed by atoms with E-state index in [0.29, 0.717) is 45.1 Å². The van der Waals surface area contributed by atoms with E-state index in [1.54, 1.807) is 23.9 Å². The Bertz CT molecular complexity index is 325. The molecule has 2 N–H and O–H groups in total. The predicted molar refractivity (Wildman–Crippen MR) is 79.3 cm³/mol. The Kier molecular flexibility index (Phi) is 6.78. The maximum atomic E-state index is 12.1. The highest BCUT2D eigenvalue weighted by molar-refractivity contribution is 5.77. The fourth-order valence-corrected chi connectivity index (χ4v) is 2.39. The molecular formula is C14H28N4O2. The molecule has 3 amide bonds. The molecule has 1 aliphatic heterocycles. The van der Waals surface area contributed by atoms with Crippen LogP contribution in [-0.4, -0.2) is 73.5 Å². The van der Waals surface area contributed by atoms with Crippen LogP contribution in [0.3, 0.4) is 0 Å². The van der Waals surface area contributed by atoms with Crippen molar-refractivity contribution >= 4 is 11.9 Å². The molecule has 0 spiro atoms. The van der Waals surface area contributed by atoms with E-state index in [1.807, 2.05) is 4.90 Å². The predicted octanol–water partition coefficient (Wildman–Crippen LogP) is 0.577. The smallest absolute Gasteiger partial charge is 0.319 e. The van der Waals surface area contributed by atoms with Crippen molar-refractivity contribution in [2.45, 2.75) is 26.2 Å². The lowest BCUT2D eigenvalue weighted by atomic mass is 10.0. The molecule has 0 aromatic carbocycles. The summed E-state index contributed by atoms with van der Waals surface area (Å²) in [6, 6.07) is 0.0219. The summed E-state index contributed by atoms with van der Waals surface area (Å²) < 4.78 is 0. The molecule has 0 radical (unpaired) electrons. The lowest BCUT2D eigenvalue weighted by molar-refractivity contribution is -0.132. The number of piperazine rings is 1. The molecule has 0 aromatic heterocycles. The standard InChI is InChI=1S/C14H28N4O2/c1-12(6-7-15)4-5-13(19)17-8-10-18(11-9-17)14(20)16(2)3/h12H,4-11,15H2,1-3H3. The van der Waals surface area contributed by atoms with E-state index in [4.69, 9.17) is 5.73 Å². The maximum absolute atomic E-state index is 12.1. The Labute approximate surface area is 121 Å². The zero-order chi connectivity index (χ0) is 15.1. The summed E-state index contributed by atoms with van der Waals surface area (Å²) in [5, 5.41) is 0. The zero-order valence-corrected chi connectivity index (χ0v) is 13.0. The van der Waals surface area contributed by atoms with Crippen LogP contribution < -0.4 is 5.73 Å². The van der Waals surface area contributed by atoms with Crippen LogP contribution in [0.5, 0.6) is 0 Å². The highest BCUT2D eigenvalue weighted by atomic mass is 16.2. The molecule has 1 aliphatic rings. The largest absolute Gasteiger partial charge is 0.339 e. The second-order valence-corrected chi connectivity index (χ2v) is 5.77. The van der Waals surface area contributed by atoms with E-state index in [-0.39, 0.29) is 11.9 Å². The van der Waals surface area contributed by atoms with Gasteiger partial charge in [-0.3, -0.25) is 4.79 Å². The third-order valence-electron chi connectivity index (χ3n) is 3.80. The van der Waals surface area contributed by atoms with Crippen LogP contribution in [0.25, 0.3) is 0 Å². The van der Waals surface area contributed by atoms with E-state index in [2.05, 4.69) is 6.92 Å². The topological polar surface area (TPSA) is 69.9 Å². The van der Waals surface area contributed by atoms with Crippen molar-refractivity contribution in [3.8, 4) is 0 Å². The normalized spacial score (nSPS) is 17.0. The van der Waals surface area contributed by atoms with Gasteiger partial charge in [0.15, 0.2) is 0 Å². The second-order valence-electron chi connectivity index (χ2n) is 5.77. The average Bonchev–Trinajstić information content (AvgIpc) is 2.44. The van der Waals surface area contributed by atoms with Gasteiger partial charge in [0.2, 0.25) is 5.91 Å². The first-order valence-electron chi connectivity index (χ1n) is 7.39. The Hall–Kier alpha value is -1.30. The summed E-state index contributed by atoms with van der Waals surface area (Å²) >= 11 is 0. The van der Waals surface area contributed by atoms with Crippen LogP contribution in [0.1, 0.15) is 26.2 Å². The SMILES string of the molecule is CC(CCN)CCC(=O)N1CCN(C(=O)N(C)C)CC1. The average molecular weight is 284 g/mol. The number of rotatable bonds is 5. The van der Waals surface area contributed by atoms with Crippen LogP contribution in [0, 0.1) is 5.92 Å². The minimum atomic E-state index is 0.0219. The van der Waals surface area contributed by atoms with Crippen LogP contribution >= 0.6 is 0 Å². The van der Waals surface area contributed by atoms with Crippen molar-refractivity contribution in [2.24, 2.45) is 11.7 Å². The lowest BCUT2D eigenvalue weighted by Gasteiger charge is -2.36. The molecule has 1 unspecified atom stereocenters. The fourth-order valence-electron chi connectivity index (χ4n) is 2.39. The Morgan fingerprint density at radius 3 is 2.15 bits per heavy atom. The van der Waals surface area contributed by atoms with Gasteiger partial charge in [0, 0.05) is 46.7 Å². The van der Waals surface area contributed by atoms with E-state index in [0.717, 1.165) is 12.8 Å². The van der Waals surface area contributed by atoms with Gasteiger partial charge in [-0.25, -0.2) is 4.79 Å². The second kappa shape index (κ2) is 8.09. The van der Waals surface area contributed by atoms with E-state index >= 15 is 0 Å². The molecular weight excluding hydrogens is 256 g/mol. The number of hydrogen-bond donors (Lipinski definition) is 1. The van der Waals surface area contributed by atoms with Gasteiger partial charge in [-0.15, -0.1) is 0 Å². The Morgan fingerprint density at radius 2 is 1.65 bits per heavy atom. The molecule has 1 atom stereocenters. The highest BCUT2D eigenvalue weighted by Crippen LogP contribution is 2.12. The van der Waals surface area contributed by atoms with Gasteiger partial charge >= 0.3 is 6.03 Å². The van der Waals surface area contributed by atoms with Gasteiger partial charge in [0.05, 0.1) is 0 Å². The van der Waals surface area contributed by atoms with Crippen molar-refractivity contribution in [2.75, 3.05) is 46.8 Å². The first-order valence-corrected chi connectivity index (χ1v) is 7.39. The van der Waals surface area contributed by atoms with Crippen LogP contribution in [-0.2, 0) is 4.79 Å². The zero-order valence-electron chi connectivity index (χ0n) is 13.0. The first kappa shape index (κ1) is 16.8. The van der Waals surface area contributed by atoms with E-state index in [9.17, 15) is 9.59 Å². The van der Waals surface area contributed by atoms with Crippen molar-refractivity contribution in [1.29, 1.82) is 0 Å². The lowest BCUT2D eigenvalue weighted by Crippen LogP contribution is -2.52. The highest BCUT2D eigenvalue weighted by Gasteiger charge is 2.24. The van der Waals surface area contributed by atoms with Crippen LogP contribution in [0.15, 0.2) is 0 Å². The fraction of sp³-hybridized carbons (Fsp3) is 0.857. The van der Waals surface area contributed by atoms with Gasteiger partial charge in [-0.05, 0) is 25.3 Å². The summed E-state index contributed by atoms with van der Waals surface area (Å²) in [5.74, 6) is 0.700. The van der Waals surface area contributed by atoms with Crippen molar-refractivity contribution in [3.05, 3.63) is 0 Å². The molecule has 0 aliphatic carbocycles. The Balaban J connectivity index is 2.30. The minimum Gasteiger partial charge on any atom is -0.339 e. The summed E-state index contributed by atoms with van der Waals surface area (Å²) in [7, 11) is 3.50. The molecule has 1 fully saturated rings. The number of amides is 3. The van der Waals surface area contributed by atoms with Gasteiger partial charge in [0.1, 0.15) is 0 Å². The summed E-state index contributed by atoms with van der Waals surface area (Å²) in [5.41, 5.74) is 5.51. The van der Waals surface area contributed by atoms with Gasteiger partial charge in [-0.1, -0.05) is 6.92 Å². The molecule has 1 heterocycles. The Morgan fingerprint density at radius 1 is 1.10 bits per heavy atom. The third-order valence-corrected chi connectivity index (χ3v) is 3.80. The molecule has 0 saturated carbocycles. The monoisotopic (exact) mass is 284 g/mol. The molecule has 1 rings (SSSR count). The van der Waals surface area contributed by atoms with Crippen molar-refractivity contribution in [1.82, 2.24) is 14.7 Å². The van der Waals surface area contributed by atoms with Gasteiger partial charge in [0.25, 0.3) is 0 Å². The molecule has 6 heteroatoms. The molecule has 0 aromatic rings. The molecule has 20 heavy (non-hydrogen) atoms. The van der Waals surface area contributed by atoms with Crippen LogP contribution in [0.2, 0.25) is 0 Å². The number of nitrogens with zero attached hydrogens (tertiary/aromatic N) is 3. The molecule has 1 saturated heterocycles. The molecule has 6 nitrogen and oxygen atoms in total. The third kappa shape index (κ3) is 5.00. The van der Waals surface area contributed by atoms with E-state index in [1.165, 1.54) is 0 Å². The van der Waals surface area contributed by atoms with Gasteiger partial charge in [-0.2, -0.15) is 0 Å². The van der Waals surface area contributed by atoms with Crippen LogP contribution in [0.4, 0.5) is 4.79 Å². The maximum Gasteiger partial charge on any atom is 0.319 e. The first-order chi connectivity index (χ1) is 9.45. The number of carbonyl (C=O) groups excluding carboxylic acids is 2. The summed E-state index contributed by atoms with van der Waals surface area (Å²) in [4.78, 5) is 29.1. The molecule has 116 valence electrons.